The van der Waals surface area contributed by atoms with Crippen molar-refractivity contribution in [2.45, 2.75) is 45.1 Å². The Kier molecular flexibility index (Phi) is 4.10. The third kappa shape index (κ3) is 3.40. The molecule has 2 heterocycles. The van der Waals surface area contributed by atoms with E-state index in [4.69, 9.17) is 9.47 Å². The normalized spacial score (nSPS) is 22.0. The number of hydrogen-bond donors (Lipinski definition) is 0. The zero-order valence-electron chi connectivity index (χ0n) is 12.6. The maximum absolute atomic E-state index is 12.8. The van der Waals surface area contributed by atoms with Crippen molar-refractivity contribution in [3.63, 3.8) is 0 Å². The zero-order valence-corrected chi connectivity index (χ0v) is 12.6. The number of ether oxygens (including phenoxy) is 2. The van der Waals surface area contributed by atoms with E-state index in [1.54, 1.807) is 0 Å². The minimum Gasteiger partial charge on any atom is -0.380 e. The fraction of sp³-hybridized carbons (Fsp3) is 0.643. The molecule has 116 valence electrons. The van der Waals surface area contributed by atoms with E-state index in [2.05, 4.69) is 4.98 Å². The molecule has 1 saturated heterocycles. The van der Waals surface area contributed by atoms with E-state index in [0.29, 0.717) is 18.5 Å². The Morgan fingerprint density at radius 2 is 1.57 bits per heavy atom. The second-order valence-corrected chi connectivity index (χ2v) is 6.34. The van der Waals surface area contributed by atoms with Gasteiger partial charge in [0.2, 0.25) is 6.71 Å². The Bertz CT molecular complexity index is 499. The van der Waals surface area contributed by atoms with Gasteiger partial charge < -0.3 is 9.47 Å². The Hall–Kier alpha value is -1.08. The molecule has 1 fully saturated rings. The first-order chi connectivity index (χ1) is 9.53. The van der Waals surface area contributed by atoms with Crippen LogP contribution < -0.4 is 5.46 Å². The van der Waals surface area contributed by atoms with E-state index >= 15 is 0 Å². The first kappa shape index (κ1) is 16.3. The van der Waals surface area contributed by atoms with E-state index < -0.39 is 22.9 Å². The van der Waals surface area contributed by atoms with Gasteiger partial charge in [-0.1, -0.05) is 11.5 Å². The number of aromatic nitrogens is 1. The molecule has 2 rings (SSSR count). The van der Waals surface area contributed by atoms with Crippen molar-refractivity contribution in [3.05, 3.63) is 24.0 Å². The predicted molar refractivity (Wildman–Crippen MR) is 74.7 cm³/mol. The molecule has 0 unspecified atom stereocenters. The molecule has 0 N–H and O–H groups in total. The van der Waals surface area contributed by atoms with Gasteiger partial charge in [-0.15, -0.1) is 0 Å². The lowest BCUT2D eigenvalue weighted by molar-refractivity contribution is -0.147. The fourth-order valence-electron chi connectivity index (χ4n) is 2.04. The van der Waals surface area contributed by atoms with E-state index in [1.807, 2.05) is 27.7 Å². The molecule has 0 spiro atoms. The molecule has 0 saturated carbocycles. The van der Waals surface area contributed by atoms with Crippen molar-refractivity contribution < 1.29 is 22.6 Å². The Balaban J connectivity index is 2.24. The van der Waals surface area contributed by atoms with Crippen LogP contribution in [0.2, 0.25) is 0 Å². The van der Waals surface area contributed by atoms with E-state index in [1.165, 1.54) is 6.20 Å². The molecule has 1 aliphatic rings. The Labute approximate surface area is 122 Å². The second-order valence-electron chi connectivity index (χ2n) is 6.34. The van der Waals surface area contributed by atoms with Crippen LogP contribution in [-0.2, 0) is 15.7 Å². The quantitative estimate of drug-likeness (QED) is 0.747. The van der Waals surface area contributed by atoms with Crippen LogP contribution in [0.5, 0.6) is 0 Å². The number of alkyl halides is 3. The summed E-state index contributed by atoms with van der Waals surface area (Å²) in [7, 11) is 0. The summed E-state index contributed by atoms with van der Waals surface area (Å²) >= 11 is 0. The van der Waals surface area contributed by atoms with Crippen LogP contribution in [0.3, 0.4) is 0 Å². The van der Waals surface area contributed by atoms with Crippen LogP contribution in [0.25, 0.3) is 0 Å². The summed E-state index contributed by atoms with van der Waals surface area (Å²) in [4.78, 5) is 3.70. The lowest BCUT2D eigenvalue weighted by Crippen LogP contribution is -2.48. The summed E-state index contributed by atoms with van der Waals surface area (Å²) in [6, 6.07) is 1.12. The molecule has 3 nitrogen and oxygen atoms in total. The van der Waals surface area contributed by atoms with Crippen molar-refractivity contribution in [1.29, 1.82) is 0 Å². The standard InChI is InChI=1S/C14H19BF3NO2/c1-12(2)13(3,4)21-9-15(8-20-12)11-5-10(6-19-7-11)14(16,17)18/h5-7H,8-9H2,1-4H3. The van der Waals surface area contributed by atoms with Gasteiger partial charge in [-0.3, -0.25) is 4.98 Å². The third-order valence-corrected chi connectivity index (χ3v) is 4.30. The summed E-state index contributed by atoms with van der Waals surface area (Å²) < 4.78 is 50.0. The smallest absolute Gasteiger partial charge is 0.380 e. The molecular formula is C14H19BF3NO2. The highest BCUT2D eigenvalue weighted by molar-refractivity contribution is 6.73. The molecule has 0 aliphatic carbocycles. The van der Waals surface area contributed by atoms with Crippen LogP contribution in [0.15, 0.2) is 18.5 Å². The molecular weight excluding hydrogens is 282 g/mol. The minimum atomic E-state index is -4.39. The summed E-state index contributed by atoms with van der Waals surface area (Å²) in [6.45, 7) is 8.01. The largest absolute Gasteiger partial charge is 0.417 e. The number of nitrogens with zero attached hydrogens (tertiary/aromatic N) is 1. The van der Waals surface area contributed by atoms with Gasteiger partial charge in [-0.25, -0.2) is 0 Å². The van der Waals surface area contributed by atoms with Gasteiger partial charge in [0.25, 0.3) is 0 Å². The van der Waals surface area contributed by atoms with Gasteiger partial charge >= 0.3 is 6.18 Å². The van der Waals surface area contributed by atoms with Crippen molar-refractivity contribution in [2.24, 2.45) is 0 Å². The van der Waals surface area contributed by atoms with Crippen molar-refractivity contribution >= 4 is 12.2 Å². The van der Waals surface area contributed by atoms with Crippen LogP contribution in [-0.4, -0.2) is 35.9 Å². The molecule has 21 heavy (non-hydrogen) atoms. The number of rotatable bonds is 1. The highest BCUT2D eigenvalue weighted by Gasteiger charge is 2.43. The van der Waals surface area contributed by atoms with E-state index in [-0.39, 0.29) is 6.71 Å². The monoisotopic (exact) mass is 301 g/mol. The van der Waals surface area contributed by atoms with Crippen LogP contribution in [0.1, 0.15) is 33.3 Å². The predicted octanol–water partition coefficient (Wildman–Crippen LogP) is 2.48. The molecule has 0 bridgehead atoms. The molecule has 0 amide bonds. The van der Waals surface area contributed by atoms with Gasteiger partial charge in [0.15, 0.2) is 0 Å². The molecule has 1 aromatic heterocycles. The van der Waals surface area contributed by atoms with Gasteiger partial charge in [0.05, 0.1) is 16.8 Å². The Morgan fingerprint density at radius 1 is 1.05 bits per heavy atom. The molecule has 0 radical (unpaired) electrons. The summed E-state index contributed by atoms with van der Waals surface area (Å²) in [6.07, 6.45) is -2.12. The fourth-order valence-corrected chi connectivity index (χ4v) is 2.04. The van der Waals surface area contributed by atoms with E-state index in [0.717, 1.165) is 12.3 Å². The number of pyridine rings is 1. The SMILES string of the molecule is CC1(C)OCB(c2cncc(C(F)(F)F)c2)COC1(C)C. The van der Waals surface area contributed by atoms with Crippen molar-refractivity contribution in [2.75, 3.05) is 13.0 Å². The summed E-state index contributed by atoms with van der Waals surface area (Å²) in [5.74, 6) is 0. The molecule has 0 aromatic carbocycles. The molecule has 7 heteroatoms. The second kappa shape index (κ2) is 5.28. The lowest BCUT2D eigenvalue weighted by Gasteiger charge is -2.39. The molecule has 1 aromatic rings. The first-order valence-corrected chi connectivity index (χ1v) is 6.83. The molecule has 1 aliphatic heterocycles. The topological polar surface area (TPSA) is 31.4 Å². The van der Waals surface area contributed by atoms with Gasteiger partial charge in [-0.2, -0.15) is 13.2 Å². The average molecular weight is 301 g/mol. The average Bonchev–Trinajstić information content (AvgIpc) is 2.47. The van der Waals surface area contributed by atoms with Crippen LogP contribution in [0.4, 0.5) is 13.2 Å². The molecule has 0 atom stereocenters. The number of hydrogen-bond acceptors (Lipinski definition) is 3. The van der Waals surface area contributed by atoms with Crippen LogP contribution in [0, 0.1) is 0 Å². The summed E-state index contributed by atoms with van der Waals surface area (Å²) in [5, 5.41) is 0. The Morgan fingerprint density at radius 3 is 2.05 bits per heavy atom. The zero-order chi connectivity index (χ0) is 15.9. The van der Waals surface area contributed by atoms with Crippen molar-refractivity contribution in [1.82, 2.24) is 4.98 Å². The minimum absolute atomic E-state index is 0.263. The van der Waals surface area contributed by atoms with Crippen molar-refractivity contribution in [3.8, 4) is 0 Å². The van der Waals surface area contributed by atoms with Crippen LogP contribution >= 0.6 is 0 Å². The lowest BCUT2D eigenvalue weighted by atomic mass is 9.46. The van der Waals surface area contributed by atoms with Gasteiger partial charge in [-0.05, 0) is 27.7 Å². The third-order valence-electron chi connectivity index (χ3n) is 4.30. The summed E-state index contributed by atoms with van der Waals surface area (Å²) in [5.41, 5.74) is -1.30. The van der Waals surface area contributed by atoms with Gasteiger partial charge in [0.1, 0.15) is 0 Å². The van der Waals surface area contributed by atoms with E-state index in [9.17, 15) is 13.2 Å². The number of halogens is 3. The van der Waals surface area contributed by atoms with Gasteiger partial charge in [0, 0.05) is 25.4 Å². The highest BCUT2D eigenvalue weighted by Crippen LogP contribution is 2.31. The maximum Gasteiger partial charge on any atom is 0.417 e. The highest BCUT2D eigenvalue weighted by atomic mass is 19.4. The first-order valence-electron chi connectivity index (χ1n) is 6.83. The maximum atomic E-state index is 12.8.